The van der Waals surface area contributed by atoms with Crippen LogP contribution in [0, 0.1) is 0 Å². The van der Waals surface area contributed by atoms with Crippen molar-refractivity contribution < 1.29 is 14.2 Å². The van der Waals surface area contributed by atoms with Gasteiger partial charge < -0.3 is 19.9 Å². The van der Waals surface area contributed by atoms with Crippen molar-refractivity contribution in [3.8, 4) is 0 Å². The second-order valence-corrected chi connectivity index (χ2v) is 6.36. The molecular weight excluding hydrogens is 306 g/mol. The lowest BCUT2D eigenvalue weighted by molar-refractivity contribution is -0.0424. The molecule has 9 heteroatoms. The lowest BCUT2D eigenvalue weighted by Gasteiger charge is -2.23. The van der Waals surface area contributed by atoms with Gasteiger partial charge in [0.25, 0.3) is 0 Å². The molecule has 2 unspecified atom stereocenters. The van der Waals surface area contributed by atoms with Gasteiger partial charge in [-0.1, -0.05) is 0 Å². The molecule has 22 heavy (non-hydrogen) atoms. The van der Waals surface area contributed by atoms with Crippen LogP contribution in [0.5, 0.6) is 0 Å². The highest BCUT2D eigenvalue weighted by molar-refractivity contribution is 8.00. The number of nitrogens with two attached hydrogens (primary N) is 1. The number of rotatable bonds is 5. The average Bonchev–Trinajstić information content (AvgIpc) is 3.09. The molecule has 3 heterocycles. The van der Waals surface area contributed by atoms with Crippen molar-refractivity contribution in [2.45, 2.75) is 22.8 Å². The molecule has 8 nitrogen and oxygen atoms in total. The zero-order chi connectivity index (χ0) is 15.7. The van der Waals surface area contributed by atoms with Crippen LogP contribution in [0.4, 0.5) is 5.82 Å². The first-order valence-corrected chi connectivity index (χ1v) is 7.78. The minimum atomic E-state index is -0.135. The molecule has 2 N–H and O–H groups in total. The van der Waals surface area contributed by atoms with E-state index in [0.717, 1.165) is 0 Å². The molecule has 0 spiro atoms. The number of nitrogen functional groups attached to an aromatic ring is 1. The summed E-state index contributed by atoms with van der Waals surface area (Å²) in [6.07, 6.45) is 2.96. The van der Waals surface area contributed by atoms with Crippen LogP contribution in [0.25, 0.3) is 11.2 Å². The Morgan fingerprint density at radius 3 is 2.64 bits per heavy atom. The Bertz CT molecular complexity index is 652. The predicted octanol–water partition coefficient (Wildman–Crippen LogP) is 0.699. The monoisotopic (exact) mass is 325 g/mol. The highest BCUT2D eigenvalue weighted by atomic mass is 32.2. The fourth-order valence-electron chi connectivity index (χ4n) is 2.82. The van der Waals surface area contributed by atoms with Crippen molar-refractivity contribution in [2.24, 2.45) is 0 Å². The summed E-state index contributed by atoms with van der Waals surface area (Å²) in [6, 6.07) is 0. The van der Waals surface area contributed by atoms with Gasteiger partial charge in [0.15, 0.2) is 11.5 Å². The molecule has 0 amide bonds. The van der Waals surface area contributed by atoms with Gasteiger partial charge in [-0.3, -0.25) is 4.57 Å². The Hall–Kier alpha value is -1.42. The van der Waals surface area contributed by atoms with Gasteiger partial charge in [-0.05, 0) is 0 Å². The van der Waals surface area contributed by atoms with Gasteiger partial charge in [0.05, 0.1) is 18.2 Å². The number of hydrogen-bond acceptors (Lipinski definition) is 8. The van der Waals surface area contributed by atoms with Gasteiger partial charge in [-0.2, -0.15) is 0 Å². The third-order valence-corrected chi connectivity index (χ3v) is 5.35. The van der Waals surface area contributed by atoms with Crippen LogP contribution in [0.1, 0.15) is 5.37 Å². The van der Waals surface area contributed by atoms with Gasteiger partial charge in [0, 0.05) is 21.3 Å². The summed E-state index contributed by atoms with van der Waals surface area (Å²) in [6.45, 7) is 0.587. The van der Waals surface area contributed by atoms with Crippen molar-refractivity contribution in [2.75, 3.05) is 33.7 Å². The van der Waals surface area contributed by atoms with Crippen LogP contribution < -0.4 is 5.73 Å². The highest BCUT2D eigenvalue weighted by Crippen LogP contribution is 2.45. The summed E-state index contributed by atoms with van der Waals surface area (Å²) in [5, 5.41) is 0.149. The Morgan fingerprint density at radius 1 is 1.18 bits per heavy atom. The van der Waals surface area contributed by atoms with E-state index in [-0.39, 0.29) is 22.8 Å². The van der Waals surface area contributed by atoms with E-state index in [4.69, 9.17) is 19.9 Å². The molecular formula is C13H19N5O3S. The normalized spacial score (nSPS) is 28.5. The molecule has 2 aromatic rings. The first-order chi connectivity index (χ1) is 10.7. The number of aromatic nitrogens is 4. The molecule has 0 aliphatic carbocycles. The second kappa shape index (κ2) is 6.37. The van der Waals surface area contributed by atoms with E-state index in [2.05, 4.69) is 15.0 Å². The summed E-state index contributed by atoms with van der Waals surface area (Å²) in [5.41, 5.74) is 7.15. The zero-order valence-electron chi connectivity index (χ0n) is 12.7. The average molecular weight is 325 g/mol. The number of fused-ring (bicyclic) bond motifs is 1. The summed E-state index contributed by atoms with van der Waals surface area (Å²) in [7, 11) is 5.05. The van der Waals surface area contributed by atoms with E-state index >= 15 is 0 Å². The van der Waals surface area contributed by atoms with Crippen LogP contribution >= 0.6 is 11.8 Å². The Balaban J connectivity index is 2.00. The van der Waals surface area contributed by atoms with Crippen LogP contribution in [-0.4, -0.2) is 64.9 Å². The summed E-state index contributed by atoms with van der Waals surface area (Å²) >= 11 is 1.73. The van der Waals surface area contributed by atoms with Crippen molar-refractivity contribution in [3.05, 3.63) is 12.7 Å². The molecule has 1 saturated heterocycles. The number of thioether (sulfide) groups is 1. The maximum absolute atomic E-state index is 5.85. The molecule has 3 rings (SSSR count). The highest BCUT2D eigenvalue weighted by Gasteiger charge is 2.46. The number of hydrogen-bond donors (Lipinski definition) is 1. The number of ether oxygens (including phenoxy) is 3. The van der Waals surface area contributed by atoms with E-state index < -0.39 is 0 Å². The van der Waals surface area contributed by atoms with E-state index in [9.17, 15) is 0 Å². The van der Waals surface area contributed by atoms with Crippen molar-refractivity contribution in [1.82, 2.24) is 19.5 Å². The van der Waals surface area contributed by atoms with Gasteiger partial charge in [0.1, 0.15) is 29.4 Å². The predicted molar refractivity (Wildman–Crippen MR) is 83.6 cm³/mol. The molecule has 0 saturated carbocycles. The summed E-state index contributed by atoms with van der Waals surface area (Å²) in [4.78, 5) is 12.6. The summed E-state index contributed by atoms with van der Waals surface area (Å²) in [5.74, 6) is 0.373. The maximum Gasteiger partial charge on any atom is 0.166 e. The molecule has 2 aromatic heterocycles. The maximum atomic E-state index is 5.85. The van der Waals surface area contributed by atoms with Gasteiger partial charge in [0.2, 0.25) is 0 Å². The minimum Gasteiger partial charge on any atom is -0.383 e. The van der Waals surface area contributed by atoms with Gasteiger partial charge in [-0.25, -0.2) is 15.0 Å². The standard InChI is InChI=1S/C13H19N5O3S/c1-19-4-7-9(20-2)10(21-3)13(22-7)18-6-17-8-11(14)15-5-16-12(8)18/h5-7,9-10,13H,4H2,1-3H3,(H2,14,15,16)/t7-,9?,10?,13-/m1/s1. The zero-order valence-corrected chi connectivity index (χ0v) is 13.5. The number of nitrogens with zero attached hydrogens (tertiary/aromatic N) is 4. The van der Waals surface area contributed by atoms with E-state index in [1.54, 1.807) is 39.4 Å². The van der Waals surface area contributed by atoms with Crippen LogP contribution in [-0.2, 0) is 14.2 Å². The number of anilines is 1. The minimum absolute atomic E-state index is 0.0191. The second-order valence-electron chi connectivity index (χ2n) is 5.00. The molecule has 4 atom stereocenters. The first kappa shape index (κ1) is 15.5. The molecule has 1 aliphatic heterocycles. The van der Waals surface area contributed by atoms with Gasteiger partial charge in [-0.15, -0.1) is 11.8 Å². The third-order valence-electron chi connectivity index (χ3n) is 3.82. The van der Waals surface area contributed by atoms with Gasteiger partial charge >= 0.3 is 0 Å². The molecule has 0 radical (unpaired) electrons. The molecule has 1 aliphatic rings. The molecule has 1 fully saturated rings. The summed E-state index contributed by atoms with van der Waals surface area (Å²) < 4.78 is 18.6. The smallest absolute Gasteiger partial charge is 0.166 e. The third kappa shape index (κ3) is 2.43. The fraction of sp³-hybridized carbons (Fsp3) is 0.615. The topological polar surface area (TPSA) is 97.3 Å². The first-order valence-electron chi connectivity index (χ1n) is 6.84. The number of methoxy groups -OCH3 is 3. The van der Waals surface area contributed by atoms with E-state index in [0.29, 0.717) is 23.6 Å². The molecule has 0 aromatic carbocycles. The van der Waals surface area contributed by atoms with Crippen molar-refractivity contribution in [3.63, 3.8) is 0 Å². The Labute approximate surface area is 132 Å². The lowest BCUT2D eigenvalue weighted by Crippen LogP contribution is -2.36. The Kier molecular flexibility index (Phi) is 4.48. The largest absolute Gasteiger partial charge is 0.383 e. The van der Waals surface area contributed by atoms with Crippen LogP contribution in [0.2, 0.25) is 0 Å². The molecule has 120 valence electrons. The molecule has 0 bridgehead atoms. The fourth-order valence-corrected chi connectivity index (χ4v) is 4.52. The number of imidazole rings is 1. The van der Waals surface area contributed by atoms with Crippen molar-refractivity contribution in [1.29, 1.82) is 0 Å². The SMILES string of the molecule is COC[C@H]1S[C@@H](n2cnc3c(N)ncnc32)C(OC)C1OC. The lowest BCUT2D eigenvalue weighted by atomic mass is 10.1. The van der Waals surface area contributed by atoms with E-state index in [1.165, 1.54) is 6.33 Å². The van der Waals surface area contributed by atoms with E-state index in [1.807, 2.05) is 4.57 Å². The Morgan fingerprint density at radius 2 is 1.95 bits per heavy atom. The van der Waals surface area contributed by atoms with Crippen molar-refractivity contribution >= 4 is 28.7 Å². The quantitative estimate of drug-likeness (QED) is 0.858. The van der Waals surface area contributed by atoms with Crippen LogP contribution in [0.3, 0.4) is 0 Å². The van der Waals surface area contributed by atoms with Crippen LogP contribution in [0.15, 0.2) is 12.7 Å².